The molecule has 3 nitrogen and oxygen atoms in total. The van der Waals surface area contributed by atoms with Crippen molar-refractivity contribution < 1.29 is 4.79 Å². The molecule has 0 atom stereocenters. The highest BCUT2D eigenvalue weighted by molar-refractivity contribution is 5.73. The summed E-state index contributed by atoms with van der Waals surface area (Å²) in [5, 5.41) is 3.55. The van der Waals surface area contributed by atoms with Crippen molar-refractivity contribution >= 4 is 5.91 Å². The quantitative estimate of drug-likeness (QED) is 0.728. The van der Waals surface area contributed by atoms with Gasteiger partial charge < -0.3 is 11.1 Å². The van der Waals surface area contributed by atoms with Gasteiger partial charge in [0.05, 0.1) is 0 Å². The van der Waals surface area contributed by atoms with E-state index in [0.29, 0.717) is 12.5 Å². The van der Waals surface area contributed by atoms with Crippen LogP contribution in [0.5, 0.6) is 0 Å². The fourth-order valence-electron chi connectivity index (χ4n) is 2.43. The van der Waals surface area contributed by atoms with E-state index in [0.717, 1.165) is 32.2 Å². The van der Waals surface area contributed by atoms with E-state index >= 15 is 0 Å². The summed E-state index contributed by atoms with van der Waals surface area (Å²) in [6.45, 7) is 0.978. The number of amides is 1. The average molecular weight is 232 g/mol. The topological polar surface area (TPSA) is 55.1 Å². The molecule has 1 aliphatic carbocycles. The summed E-state index contributed by atoms with van der Waals surface area (Å²) in [6, 6.07) is 9.21. The molecule has 0 unspecified atom stereocenters. The predicted octanol–water partition coefficient (Wildman–Crippen LogP) is 1.40. The Kier molecular flexibility index (Phi) is 4.15. The number of hydrogen-bond donors (Lipinski definition) is 2. The molecule has 1 aliphatic rings. The van der Waals surface area contributed by atoms with Crippen molar-refractivity contribution in [1.82, 2.24) is 5.32 Å². The summed E-state index contributed by atoms with van der Waals surface area (Å²) in [6.07, 6.45) is 4.68. The molecule has 0 bridgehead atoms. The van der Waals surface area contributed by atoms with Crippen molar-refractivity contribution in [3.05, 3.63) is 35.4 Å². The van der Waals surface area contributed by atoms with Crippen molar-refractivity contribution in [1.29, 1.82) is 0 Å². The fourth-order valence-corrected chi connectivity index (χ4v) is 2.43. The van der Waals surface area contributed by atoms with Gasteiger partial charge in [-0.3, -0.25) is 4.79 Å². The molecule has 0 heterocycles. The van der Waals surface area contributed by atoms with Gasteiger partial charge in [0.15, 0.2) is 0 Å². The molecule has 0 aliphatic heterocycles. The van der Waals surface area contributed by atoms with Crippen LogP contribution < -0.4 is 11.1 Å². The van der Waals surface area contributed by atoms with Gasteiger partial charge in [-0.2, -0.15) is 0 Å². The Labute approximate surface area is 102 Å². The number of unbranched alkanes of at least 4 members (excludes halogenated alkanes) is 1. The number of hydrogen-bond acceptors (Lipinski definition) is 2. The molecule has 0 saturated heterocycles. The van der Waals surface area contributed by atoms with Crippen molar-refractivity contribution in [3.63, 3.8) is 0 Å². The number of rotatable bonds is 6. The highest BCUT2D eigenvalue weighted by Crippen LogP contribution is 2.21. The minimum atomic E-state index is -0.196. The summed E-state index contributed by atoms with van der Waals surface area (Å²) >= 11 is 0. The van der Waals surface area contributed by atoms with Gasteiger partial charge in [-0.15, -0.1) is 0 Å². The SMILES string of the molecule is NC(=O)CCCCNC1Cc2ccccc2C1. The molecule has 92 valence electrons. The van der Waals surface area contributed by atoms with Gasteiger partial charge in [0.25, 0.3) is 0 Å². The smallest absolute Gasteiger partial charge is 0.217 e. The summed E-state index contributed by atoms with van der Waals surface area (Å²) < 4.78 is 0. The van der Waals surface area contributed by atoms with Gasteiger partial charge in [-0.1, -0.05) is 24.3 Å². The zero-order valence-electron chi connectivity index (χ0n) is 10.1. The van der Waals surface area contributed by atoms with Crippen molar-refractivity contribution in [2.24, 2.45) is 5.73 Å². The van der Waals surface area contributed by atoms with Crippen LogP contribution in [0.1, 0.15) is 30.4 Å². The highest BCUT2D eigenvalue weighted by atomic mass is 16.1. The zero-order valence-corrected chi connectivity index (χ0v) is 10.1. The number of nitrogens with two attached hydrogens (primary N) is 1. The molecular weight excluding hydrogens is 212 g/mol. The van der Waals surface area contributed by atoms with Crippen LogP contribution in [0.15, 0.2) is 24.3 Å². The molecule has 0 aromatic heterocycles. The van der Waals surface area contributed by atoms with Crippen LogP contribution in [0, 0.1) is 0 Å². The van der Waals surface area contributed by atoms with Crippen molar-refractivity contribution in [3.8, 4) is 0 Å². The van der Waals surface area contributed by atoms with E-state index in [4.69, 9.17) is 5.73 Å². The number of carbonyl (C=O) groups is 1. The predicted molar refractivity (Wildman–Crippen MR) is 68.7 cm³/mol. The first-order chi connectivity index (χ1) is 8.25. The molecule has 1 aromatic carbocycles. The first-order valence-electron chi connectivity index (χ1n) is 6.34. The second-order valence-corrected chi connectivity index (χ2v) is 4.75. The Balaban J connectivity index is 1.65. The standard InChI is InChI=1S/C14H20N2O/c15-14(17)7-3-4-8-16-13-9-11-5-1-2-6-12(11)10-13/h1-2,5-6,13,16H,3-4,7-10H2,(H2,15,17). The molecule has 3 heteroatoms. The van der Waals surface area contributed by atoms with Gasteiger partial charge in [-0.25, -0.2) is 0 Å². The molecule has 0 saturated carbocycles. The Morgan fingerprint density at radius 1 is 1.24 bits per heavy atom. The maximum Gasteiger partial charge on any atom is 0.217 e. The van der Waals surface area contributed by atoms with E-state index in [1.807, 2.05) is 0 Å². The van der Waals surface area contributed by atoms with Gasteiger partial charge in [-0.05, 0) is 43.4 Å². The normalized spacial score (nSPS) is 14.8. The largest absolute Gasteiger partial charge is 0.370 e. The van der Waals surface area contributed by atoms with Gasteiger partial charge in [0.1, 0.15) is 0 Å². The van der Waals surface area contributed by atoms with E-state index in [1.165, 1.54) is 11.1 Å². The number of carbonyl (C=O) groups excluding carboxylic acids is 1. The Morgan fingerprint density at radius 2 is 1.88 bits per heavy atom. The summed E-state index contributed by atoms with van der Waals surface area (Å²) in [4.78, 5) is 10.6. The number of primary amides is 1. The Morgan fingerprint density at radius 3 is 2.47 bits per heavy atom. The van der Waals surface area contributed by atoms with Gasteiger partial charge in [0.2, 0.25) is 5.91 Å². The zero-order chi connectivity index (χ0) is 12.1. The van der Waals surface area contributed by atoms with Crippen LogP contribution in [-0.4, -0.2) is 18.5 Å². The number of nitrogens with one attached hydrogen (secondary N) is 1. The van der Waals surface area contributed by atoms with Crippen molar-refractivity contribution in [2.45, 2.75) is 38.1 Å². The van der Waals surface area contributed by atoms with Crippen LogP contribution in [0.25, 0.3) is 0 Å². The monoisotopic (exact) mass is 232 g/mol. The summed E-state index contributed by atoms with van der Waals surface area (Å²) in [5.74, 6) is -0.196. The molecule has 1 amide bonds. The minimum Gasteiger partial charge on any atom is -0.370 e. The summed E-state index contributed by atoms with van der Waals surface area (Å²) in [7, 11) is 0. The first kappa shape index (κ1) is 12.1. The highest BCUT2D eigenvalue weighted by Gasteiger charge is 2.19. The van der Waals surface area contributed by atoms with Gasteiger partial charge >= 0.3 is 0 Å². The molecule has 3 N–H and O–H groups in total. The lowest BCUT2D eigenvalue weighted by molar-refractivity contribution is -0.118. The van der Waals surface area contributed by atoms with E-state index in [-0.39, 0.29) is 5.91 Å². The second kappa shape index (κ2) is 5.82. The molecule has 2 rings (SSSR count). The lowest BCUT2D eigenvalue weighted by Crippen LogP contribution is -2.30. The second-order valence-electron chi connectivity index (χ2n) is 4.75. The maximum absolute atomic E-state index is 10.6. The van der Waals surface area contributed by atoms with Crippen LogP contribution in [-0.2, 0) is 17.6 Å². The van der Waals surface area contributed by atoms with E-state index in [2.05, 4.69) is 29.6 Å². The lowest BCUT2D eigenvalue weighted by Gasteiger charge is -2.11. The maximum atomic E-state index is 10.6. The molecule has 17 heavy (non-hydrogen) atoms. The van der Waals surface area contributed by atoms with Crippen LogP contribution in [0.3, 0.4) is 0 Å². The van der Waals surface area contributed by atoms with E-state index in [9.17, 15) is 4.79 Å². The number of benzene rings is 1. The van der Waals surface area contributed by atoms with Crippen LogP contribution >= 0.6 is 0 Å². The Bertz CT molecular complexity index is 365. The molecule has 0 spiro atoms. The third-order valence-corrected chi connectivity index (χ3v) is 3.33. The van der Waals surface area contributed by atoms with E-state index in [1.54, 1.807) is 0 Å². The van der Waals surface area contributed by atoms with Crippen molar-refractivity contribution in [2.75, 3.05) is 6.54 Å². The number of fused-ring (bicyclic) bond motifs is 1. The Hall–Kier alpha value is -1.35. The fraction of sp³-hybridized carbons (Fsp3) is 0.500. The van der Waals surface area contributed by atoms with Gasteiger partial charge in [0, 0.05) is 12.5 Å². The average Bonchev–Trinajstić information content (AvgIpc) is 2.70. The molecule has 1 aromatic rings. The molecule has 0 fully saturated rings. The molecule has 0 radical (unpaired) electrons. The van der Waals surface area contributed by atoms with Crippen LogP contribution in [0.2, 0.25) is 0 Å². The first-order valence-corrected chi connectivity index (χ1v) is 6.34. The molecular formula is C14H20N2O. The van der Waals surface area contributed by atoms with Crippen LogP contribution in [0.4, 0.5) is 0 Å². The lowest BCUT2D eigenvalue weighted by atomic mass is 10.1. The summed E-state index contributed by atoms with van der Waals surface area (Å²) in [5.41, 5.74) is 8.04. The third-order valence-electron chi connectivity index (χ3n) is 3.33. The van der Waals surface area contributed by atoms with E-state index < -0.39 is 0 Å². The third kappa shape index (κ3) is 3.56. The minimum absolute atomic E-state index is 0.196.